The monoisotopic (exact) mass is 262 g/mol. The van der Waals surface area contributed by atoms with Crippen molar-refractivity contribution in [1.29, 1.82) is 0 Å². The molecular formula is C17H27P. The minimum atomic E-state index is 0.285. The Labute approximate surface area is 114 Å². The highest BCUT2D eigenvalue weighted by molar-refractivity contribution is 7.38. The highest BCUT2D eigenvalue weighted by Crippen LogP contribution is 2.37. The third-order valence-electron chi connectivity index (χ3n) is 4.01. The van der Waals surface area contributed by atoms with E-state index in [1.807, 2.05) is 0 Å². The van der Waals surface area contributed by atoms with Crippen LogP contribution in [-0.2, 0) is 11.6 Å². The van der Waals surface area contributed by atoms with Crippen LogP contribution in [0.1, 0.15) is 64.0 Å². The average Bonchev–Trinajstić information content (AvgIpc) is 2.37. The first-order chi connectivity index (χ1) is 8.57. The first-order valence-corrected chi connectivity index (χ1v) is 8.67. The van der Waals surface area contributed by atoms with Crippen LogP contribution >= 0.6 is 8.58 Å². The van der Waals surface area contributed by atoms with Crippen molar-refractivity contribution in [3.05, 3.63) is 35.4 Å². The largest absolute Gasteiger partial charge is 0.114 e. The van der Waals surface area contributed by atoms with Gasteiger partial charge in [-0.1, -0.05) is 64.3 Å². The molecular weight excluding hydrogens is 235 g/mol. The predicted octanol–water partition coefficient (Wildman–Crippen LogP) is 5.50. The molecule has 1 atom stereocenters. The molecule has 1 aliphatic rings. The summed E-state index contributed by atoms with van der Waals surface area (Å²) in [5.41, 5.74) is 4.45. The molecule has 1 aromatic carbocycles. The van der Waals surface area contributed by atoms with Crippen molar-refractivity contribution in [3.8, 4) is 0 Å². The van der Waals surface area contributed by atoms with Gasteiger partial charge in [-0.25, -0.2) is 0 Å². The van der Waals surface area contributed by atoms with E-state index in [2.05, 4.69) is 45.0 Å². The van der Waals surface area contributed by atoms with Gasteiger partial charge >= 0.3 is 0 Å². The van der Waals surface area contributed by atoms with Gasteiger partial charge in [0, 0.05) is 0 Å². The lowest BCUT2D eigenvalue weighted by Gasteiger charge is -2.25. The van der Waals surface area contributed by atoms with Gasteiger partial charge in [0.2, 0.25) is 0 Å². The fraction of sp³-hybridized carbons (Fsp3) is 0.647. The Morgan fingerprint density at radius 1 is 1.06 bits per heavy atom. The third-order valence-corrected chi connectivity index (χ3v) is 5.75. The van der Waals surface area contributed by atoms with E-state index >= 15 is 0 Å². The summed E-state index contributed by atoms with van der Waals surface area (Å²) < 4.78 is 0. The van der Waals surface area contributed by atoms with Gasteiger partial charge in [-0.15, -0.1) is 8.58 Å². The summed E-state index contributed by atoms with van der Waals surface area (Å²) in [5.74, 6) is 0. The molecule has 0 radical (unpaired) electrons. The lowest BCUT2D eigenvalue weighted by molar-refractivity contribution is 0.513. The highest BCUT2D eigenvalue weighted by Gasteiger charge is 2.18. The van der Waals surface area contributed by atoms with Crippen molar-refractivity contribution in [3.63, 3.8) is 0 Å². The van der Waals surface area contributed by atoms with Crippen molar-refractivity contribution in [2.24, 2.45) is 0 Å². The van der Waals surface area contributed by atoms with Crippen molar-refractivity contribution in [2.75, 3.05) is 0 Å². The Kier molecular flexibility index (Phi) is 4.84. The van der Waals surface area contributed by atoms with E-state index in [-0.39, 0.29) is 5.41 Å². The minimum Gasteiger partial charge on any atom is -0.114 e. The Morgan fingerprint density at radius 3 is 2.39 bits per heavy atom. The summed E-state index contributed by atoms with van der Waals surface area (Å²) in [4.78, 5) is 0. The number of rotatable bonds is 3. The molecule has 1 aliphatic carbocycles. The molecule has 1 fully saturated rings. The van der Waals surface area contributed by atoms with Crippen LogP contribution in [0.25, 0.3) is 0 Å². The molecule has 0 N–H and O–H groups in total. The second kappa shape index (κ2) is 6.20. The fourth-order valence-electron chi connectivity index (χ4n) is 2.97. The summed E-state index contributed by atoms with van der Waals surface area (Å²) in [6, 6.07) is 9.06. The zero-order chi connectivity index (χ0) is 13.0. The molecule has 0 aliphatic heterocycles. The molecule has 0 aromatic heterocycles. The van der Waals surface area contributed by atoms with E-state index < -0.39 is 0 Å². The molecule has 1 unspecified atom stereocenters. The Hall–Kier alpha value is -0.350. The molecule has 0 saturated heterocycles. The standard InChI is InChI=1S/C17H27P/c1-17(2,3)16-12-8-7-9-14(16)13-18-15-10-5-4-6-11-15/h7-9,12,15,18H,4-6,10-11,13H2,1-3H3. The lowest BCUT2D eigenvalue weighted by atomic mass is 9.84. The van der Waals surface area contributed by atoms with E-state index in [1.165, 1.54) is 38.3 Å². The number of benzene rings is 1. The van der Waals surface area contributed by atoms with E-state index in [1.54, 1.807) is 11.1 Å². The van der Waals surface area contributed by atoms with Crippen LogP contribution in [0.2, 0.25) is 0 Å². The van der Waals surface area contributed by atoms with Crippen molar-refractivity contribution < 1.29 is 0 Å². The Morgan fingerprint density at radius 2 is 1.72 bits per heavy atom. The molecule has 1 aromatic rings. The second-order valence-electron chi connectivity index (χ2n) is 6.62. The van der Waals surface area contributed by atoms with Gasteiger partial charge in [-0.05, 0) is 41.2 Å². The first kappa shape index (κ1) is 14.1. The topological polar surface area (TPSA) is 0 Å². The van der Waals surface area contributed by atoms with E-state index in [0.717, 1.165) is 14.2 Å². The molecule has 0 bridgehead atoms. The number of hydrogen-bond donors (Lipinski definition) is 0. The van der Waals surface area contributed by atoms with Crippen LogP contribution in [0, 0.1) is 0 Å². The van der Waals surface area contributed by atoms with Crippen LogP contribution in [0.5, 0.6) is 0 Å². The smallest absolute Gasteiger partial charge is 0.00952 e. The predicted molar refractivity (Wildman–Crippen MR) is 84.0 cm³/mol. The van der Waals surface area contributed by atoms with E-state index in [0.29, 0.717) is 0 Å². The molecule has 2 rings (SSSR count). The summed E-state index contributed by atoms with van der Waals surface area (Å²) >= 11 is 0. The van der Waals surface area contributed by atoms with Gasteiger partial charge < -0.3 is 0 Å². The second-order valence-corrected chi connectivity index (χ2v) is 8.20. The third kappa shape index (κ3) is 3.82. The van der Waals surface area contributed by atoms with Crippen molar-refractivity contribution >= 4 is 8.58 Å². The fourth-order valence-corrected chi connectivity index (χ4v) is 4.60. The molecule has 0 amide bonds. The van der Waals surface area contributed by atoms with E-state index in [4.69, 9.17) is 0 Å². The van der Waals surface area contributed by atoms with Crippen molar-refractivity contribution in [2.45, 2.75) is 70.1 Å². The summed E-state index contributed by atoms with van der Waals surface area (Å²) in [5, 5.41) is 0. The molecule has 1 heteroatoms. The first-order valence-electron chi connectivity index (χ1n) is 7.39. The van der Waals surface area contributed by atoms with Crippen LogP contribution in [0.15, 0.2) is 24.3 Å². The lowest BCUT2D eigenvalue weighted by Crippen LogP contribution is -2.14. The summed E-state index contributed by atoms with van der Waals surface area (Å²) in [6.07, 6.45) is 8.68. The molecule has 0 spiro atoms. The molecule has 0 nitrogen and oxygen atoms in total. The number of hydrogen-bond acceptors (Lipinski definition) is 0. The van der Waals surface area contributed by atoms with Crippen molar-refractivity contribution in [1.82, 2.24) is 0 Å². The van der Waals surface area contributed by atoms with Gasteiger partial charge in [-0.3, -0.25) is 0 Å². The Bertz CT molecular complexity index is 369. The van der Waals surface area contributed by atoms with Crippen LogP contribution in [0.3, 0.4) is 0 Å². The SMILES string of the molecule is CC(C)(C)c1ccccc1CPC1CCCCC1. The summed E-state index contributed by atoms with van der Waals surface area (Å²) in [6.45, 7) is 6.99. The molecule has 0 heterocycles. The van der Waals surface area contributed by atoms with Gasteiger partial charge in [0.05, 0.1) is 0 Å². The van der Waals surface area contributed by atoms with Crippen LogP contribution in [-0.4, -0.2) is 5.66 Å². The van der Waals surface area contributed by atoms with Gasteiger partial charge in [0.25, 0.3) is 0 Å². The van der Waals surface area contributed by atoms with Gasteiger partial charge in [-0.2, -0.15) is 0 Å². The Balaban J connectivity index is 2.00. The maximum absolute atomic E-state index is 2.34. The minimum absolute atomic E-state index is 0.285. The average molecular weight is 262 g/mol. The molecule has 100 valence electrons. The van der Waals surface area contributed by atoms with Crippen LogP contribution < -0.4 is 0 Å². The van der Waals surface area contributed by atoms with Crippen LogP contribution in [0.4, 0.5) is 0 Å². The maximum Gasteiger partial charge on any atom is -0.00952 e. The normalized spacial score (nSPS) is 18.6. The maximum atomic E-state index is 2.34. The van der Waals surface area contributed by atoms with E-state index in [9.17, 15) is 0 Å². The zero-order valence-electron chi connectivity index (χ0n) is 12.1. The molecule has 1 saturated carbocycles. The zero-order valence-corrected chi connectivity index (χ0v) is 13.1. The van der Waals surface area contributed by atoms with Gasteiger partial charge in [0.1, 0.15) is 0 Å². The van der Waals surface area contributed by atoms with Gasteiger partial charge in [0.15, 0.2) is 0 Å². The molecule has 18 heavy (non-hydrogen) atoms. The summed E-state index contributed by atoms with van der Waals surface area (Å²) in [7, 11) is 1.13. The highest BCUT2D eigenvalue weighted by atomic mass is 31.1. The quantitative estimate of drug-likeness (QED) is 0.631.